The number of hydrogen-bond acceptors (Lipinski definition) is 5. The van der Waals surface area contributed by atoms with Crippen LogP contribution in [0.4, 0.5) is 0 Å². The highest BCUT2D eigenvalue weighted by atomic mass is 16.5. The zero-order valence-corrected chi connectivity index (χ0v) is 14.3. The Morgan fingerprint density at radius 3 is 2.35 bits per heavy atom. The topological polar surface area (TPSA) is 64.6 Å². The quantitative estimate of drug-likeness (QED) is 0.501. The van der Waals surface area contributed by atoms with E-state index in [2.05, 4.69) is 5.32 Å². The lowest BCUT2D eigenvalue weighted by atomic mass is 10.0. The van der Waals surface area contributed by atoms with Gasteiger partial charge in [-0.25, -0.2) is 0 Å². The third-order valence-electron chi connectivity index (χ3n) is 3.25. The maximum absolute atomic E-state index is 12.6. The number of nitrogens with one attached hydrogen (secondary N) is 1. The molecule has 0 radical (unpaired) electrons. The first-order valence-corrected chi connectivity index (χ1v) is 8.28. The minimum absolute atomic E-state index is 0.0424. The van der Waals surface area contributed by atoms with Gasteiger partial charge in [-0.2, -0.15) is 0 Å². The van der Waals surface area contributed by atoms with Crippen LogP contribution in [0.1, 0.15) is 50.4 Å². The molecule has 0 bridgehead atoms. The molecule has 0 aliphatic carbocycles. The molecule has 1 aromatic rings. The van der Waals surface area contributed by atoms with Gasteiger partial charge in [0.2, 0.25) is 0 Å². The summed E-state index contributed by atoms with van der Waals surface area (Å²) in [4.78, 5) is 24.3. The van der Waals surface area contributed by atoms with Crippen LogP contribution in [0.5, 0.6) is 5.75 Å². The first-order chi connectivity index (χ1) is 11.1. The van der Waals surface area contributed by atoms with E-state index >= 15 is 0 Å². The number of benzene rings is 1. The number of carbonyl (C=O) groups is 2. The van der Waals surface area contributed by atoms with E-state index in [9.17, 15) is 9.59 Å². The van der Waals surface area contributed by atoms with Gasteiger partial charge in [0, 0.05) is 5.56 Å². The van der Waals surface area contributed by atoms with Gasteiger partial charge in [0.25, 0.3) is 0 Å². The largest absolute Gasteiger partial charge is 0.494 e. The van der Waals surface area contributed by atoms with Gasteiger partial charge in [-0.1, -0.05) is 13.8 Å². The molecule has 1 aromatic carbocycles. The number of carbonyl (C=O) groups excluding carboxylic acids is 2. The molecule has 1 N–H and O–H groups in total. The molecular weight excluding hydrogens is 294 g/mol. The van der Waals surface area contributed by atoms with Crippen molar-refractivity contribution in [2.75, 3.05) is 19.8 Å². The number of rotatable bonds is 11. The monoisotopic (exact) mass is 321 g/mol. The van der Waals surface area contributed by atoms with Crippen LogP contribution in [0.25, 0.3) is 0 Å². The van der Waals surface area contributed by atoms with Crippen molar-refractivity contribution in [3.63, 3.8) is 0 Å². The van der Waals surface area contributed by atoms with E-state index in [1.807, 2.05) is 13.8 Å². The molecule has 5 heteroatoms. The molecule has 1 unspecified atom stereocenters. The van der Waals surface area contributed by atoms with Gasteiger partial charge in [-0.15, -0.1) is 0 Å². The molecule has 5 nitrogen and oxygen atoms in total. The average Bonchev–Trinajstić information content (AvgIpc) is 2.56. The molecule has 0 aromatic heterocycles. The SMILES string of the molecule is CCCNC(CC(=O)OCC)C(=O)c1ccc(OCCC)cc1. The maximum Gasteiger partial charge on any atom is 0.307 e. The summed E-state index contributed by atoms with van der Waals surface area (Å²) >= 11 is 0. The molecule has 0 heterocycles. The van der Waals surface area contributed by atoms with Crippen molar-refractivity contribution in [3.05, 3.63) is 29.8 Å². The van der Waals surface area contributed by atoms with Gasteiger partial charge < -0.3 is 14.8 Å². The van der Waals surface area contributed by atoms with E-state index < -0.39 is 6.04 Å². The lowest BCUT2D eigenvalue weighted by Gasteiger charge is -2.17. The second-order valence-electron chi connectivity index (χ2n) is 5.25. The fourth-order valence-corrected chi connectivity index (χ4v) is 2.10. The van der Waals surface area contributed by atoms with E-state index in [1.165, 1.54) is 0 Å². The van der Waals surface area contributed by atoms with Crippen LogP contribution in [0.15, 0.2) is 24.3 Å². The molecule has 128 valence electrons. The van der Waals surface area contributed by atoms with E-state index in [4.69, 9.17) is 9.47 Å². The Morgan fingerprint density at radius 2 is 1.78 bits per heavy atom. The fourth-order valence-electron chi connectivity index (χ4n) is 2.10. The van der Waals surface area contributed by atoms with Gasteiger partial charge in [-0.05, 0) is 50.6 Å². The van der Waals surface area contributed by atoms with Crippen LogP contribution in [-0.4, -0.2) is 37.6 Å². The molecule has 0 aliphatic heterocycles. The molecule has 0 saturated carbocycles. The predicted molar refractivity (Wildman–Crippen MR) is 89.9 cm³/mol. The van der Waals surface area contributed by atoms with E-state index in [0.717, 1.165) is 18.6 Å². The van der Waals surface area contributed by atoms with Crippen molar-refractivity contribution >= 4 is 11.8 Å². The lowest BCUT2D eigenvalue weighted by Crippen LogP contribution is -2.39. The highest BCUT2D eigenvalue weighted by molar-refractivity contribution is 6.01. The smallest absolute Gasteiger partial charge is 0.307 e. The summed E-state index contributed by atoms with van der Waals surface area (Å²) in [5, 5.41) is 3.12. The van der Waals surface area contributed by atoms with Crippen LogP contribution in [0, 0.1) is 0 Å². The van der Waals surface area contributed by atoms with Crippen molar-refractivity contribution in [2.24, 2.45) is 0 Å². The van der Waals surface area contributed by atoms with E-state index in [1.54, 1.807) is 31.2 Å². The Hall–Kier alpha value is -1.88. The average molecular weight is 321 g/mol. The number of ketones is 1. The zero-order chi connectivity index (χ0) is 17.1. The van der Waals surface area contributed by atoms with Gasteiger partial charge in [0.1, 0.15) is 5.75 Å². The summed E-state index contributed by atoms with van der Waals surface area (Å²) in [5.41, 5.74) is 0.562. The first-order valence-electron chi connectivity index (χ1n) is 8.28. The molecule has 1 atom stereocenters. The maximum atomic E-state index is 12.6. The molecule has 0 fully saturated rings. The number of Topliss-reactive ketones (excluding diaryl/α,β-unsaturated/α-hetero) is 1. The minimum atomic E-state index is -0.559. The summed E-state index contributed by atoms with van der Waals surface area (Å²) in [6.45, 7) is 7.45. The van der Waals surface area contributed by atoms with Crippen molar-refractivity contribution in [1.82, 2.24) is 5.32 Å². The minimum Gasteiger partial charge on any atom is -0.494 e. The second-order valence-corrected chi connectivity index (χ2v) is 5.25. The Labute approximate surface area is 138 Å². The van der Waals surface area contributed by atoms with Crippen molar-refractivity contribution in [1.29, 1.82) is 0 Å². The third-order valence-corrected chi connectivity index (χ3v) is 3.25. The Bertz CT molecular complexity index is 484. The van der Waals surface area contributed by atoms with Crippen LogP contribution in [0.2, 0.25) is 0 Å². The molecular formula is C18H27NO4. The lowest BCUT2D eigenvalue weighted by molar-refractivity contribution is -0.143. The van der Waals surface area contributed by atoms with Crippen LogP contribution >= 0.6 is 0 Å². The molecule has 1 rings (SSSR count). The number of hydrogen-bond donors (Lipinski definition) is 1. The molecule has 0 amide bonds. The van der Waals surface area contributed by atoms with Gasteiger partial charge in [0.15, 0.2) is 5.78 Å². The van der Waals surface area contributed by atoms with Gasteiger partial charge >= 0.3 is 5.97 Å². The second kappa shape index (κ2) is 10.8. The Balaban J connectivity index is 2.75. The summed E-state index contributed by atoms with van der Waals surface area (Å²) in [5.74, 6) is 0.276. The van der Waals surface area contributed by atoms with Crippen molar-refractivity contribution in [2.45, 2.75) is 46.1 Å². The highest BCUT2D eigenvalue weighted by Crippen LogP contribution is 2.15. The molecule has 0 spiro atoms. The van der Waals surface area contributed by atoms with Crippen molar-refractivity contribution in [3.8, 4) is 5.75 Å². The molecule has 0 saturated heterocycles. The standard InChI is InChI=1S/C18H27NO4/c1-4-11-19-16(13-17(20)22-6-3)18(21)14-7-9-15(10-8-14)23-12-5-2/h7-10,16,19H,4-6,11-13H2,1-3H3. The van der Waals surface area contributed by atoms with Gasteiger partial charge in [-0.3, -0.25) is 9.59 Å². The third kappa shape index (κ3) is 6.82. The van der Waals surface area contributed by atoms with Crippen LogP contribution in [-0.2, 0) is 9.53 Å². The van der Waals surface area contributed by atoms with Crippen LogP contribution < -0.4 is 10.1 Å². The first kappa shape index (κ1) is 19.2. The summed E-state index contributed by atoms with van der Waals surface area (Å²) < 4.78 is 10.5. The van der Waals surface area contributed by atoms with Gasteiger partial charge in [0.05, 0.1) is 25.7 Å². The van der Waals surface area contributed by atoms with E-state index in [0.29, 0.717) is 25.3 Å². The highest BCUT2D eigenvalue weighted by Gasteiger charge is 2.23. The van der Waals surface area contributed by atoms with Crippen molar-refractivity contribution < 1.29 is 19.1 Å². The van der Waals surface area contributed by atoms with E-state index in [-0.39, 0.29) is 18.2 Å². The Morgan fingerprint density at radius 1 is 1.09 bits per heavy atom. The normalized spacial score (nSPS) is 11.8. The summed E-state index contributed by atoms with van der Waals surface area (Å²) in [7, 11) is 0. The number of ether oxygens (including phenoxy) is 2. The summed E-state index contributed by atoms with van der Waals surface area (Å²) in [6, 6.07) is 6.48. The fraction of sp³-hybridized carbons (Fsp3) is 0.556. The predicted octanol–water partition coefficient (Wildman–Crippen LogP) is 2.98. The molecule has 0 aliphatic rings. The van der Waals surface area contributed by atoms with Crippen LogP contribution in [0.3, 0.4) is 0 Å². The molecule has 23 heavy (non-hydrogen) atoms. The zero-order valence-electron chi connectivity index (χ0n) is 14.3. The Kier molecular flexibility index (Phi) is 8.98. The summed E-state index contributed by atoms with van der Waals surface area (Å²) in [6.07, 6.45) is 1.86. The number of esters is 1.